The van der Waals surface area contributed by atoms with Crippen molar-refractivity contribution in [1.29, 1.82) is 0 Å². The number of nitro groups is 1. The van der Waals surface area contributed by atoms with Gasteiger partial charge in [0.15, 0.2) is 4.80 Å². The Morgan fingerprint density at radius 2 is 2.02 bits per heavy atom. The first-order valence-electron chi connectivity index (χ1n) is 13.3. The highest BCUT2D eigenvalue weighted by atomic mass is 79.9. The number of halogens is 2. The van der Waals surface area contributed by atoms with Gasteiger partial charge in [-0.2, -0.15) is 4.39 Å². The first-order chi connectivity index (χ1) is 20.7. The summed E-state index contributed by atoms with van der Waals surface area (Å²) in [6.45, 7) is 3.83. The second-order valence-corrected chi connectivity index (χ2v) is 11.3. The number of nitro benzene ring substituents is 1. The standard InChI is InChI=1S/C30H25BrFN3O7S/c1-4-6-21-26(29(37)41-5-2)27(19-14-17(31)8-11-24(19)40-3)34-28(36)25(43-30(34)33-21)15-18-9-12-23(42-18)16-7-10-20(32)22(13-16)35(38)39/h7-15,27H,4-6H2,1-3H3/b25-15+/t27-/m1/s1. The predicted octanol–water partition coefficient (Wildman–Crippen LogP) is 5.66. The average molecular weight is 671 g/mol. The number of thiazole rings is 1. The Kier molecular flexibility index (Phi) is 8.74. The molecule has 10 nitrogen and oxygen atoms in total. The minimum Gasteiger partial charge on any atom is -0.496 e. The van der Waals surface area contributed by atoms with Crippen LogP contribution in [0.15, 0.2) is 78.5 Å². The van der Waals surface area contributed by atoms with Crippen molar-refractivity contribution in [1.82, 2.24) is 4.57 Å². The monoisotopic (exact) mass is 669 g/mol. The molecule has 5 rings (SSSR count). The van der Waals surface area contributed by atoms with Crippen LogP contribution in [0.1, 0.15) is 44.1 Å². The van der Waals surface area contributed by atoms with E-state index in [1.54, 1.807) is 37.3 Å². The van der Waals surface area contributed by atoms with Crippen molar-refractivity contribution in [3.05, 3.63) is 111 Å². The third-order valence-corrected chi connectivity index (χ3v) is 8.18. The molecule has 1 aliphatic rings. The van der Waals surface area contributed by atoms with Gasteiger partial charge in [0.1, 0.15) is 23.3 Å². The number of nitrogens with zero attached hydrogens (tertiary/aromatic N) is 3. The van der Waals surface area contributed by atoms with Crippen LogP contribution in [-0.2, 0) is 9.53 Å². The zero-order chi connectivity index (χ0) is 30.8. The summed E-state index contributed by atoms with van der Waals surface area (Å²) in [6, 6.07) is 11.1. The molecule has 0 fully saturated rings. The number of hydrogen-bond donors (Lipinski definition) is 0. The topological polar surface area (TPSA) is 126 Å². The molecular formula is C30H25BrFN3O7S. The molecule has 0 saturated carbocycles. The quantitative estimate of drug-likeness (QED) is 0.128. The number of rotatable bonds is 9. The van der Waals surface area contributed by atoms with Gasteiger partial charge < -0.3 is 13.9 Å². The van der Waals surface area contributed by atoms with E-state index in [0.717, 1.165) is 27.9 Å². The lowest BCUT2D eigenvalue weighted by Crippen LogP contribution is -2.40. The summed E-state index contributed by atoms with van der Waals surface area (Å²) in [5.41, 5.74) is 0.584. The molecule has 0 N–H and O–H groups in total. The molecule has 222 valence electrons. The molecule has 3 heterocycles. The van der Waals surface area contributed by atoms with Gasteiger partial charge in [0, 0.05) is 27.7 Å². The second-order valence-electron chi connectivity index (χ2n) is 9.43. The molecule has 43 heavy (non-hydrogen) atoms. The molecule has 0 saturated heterocycles. The maximum atomic E-state index is 14.0. The fourth-order valence-electron chi connectivity index (χ4n) is 4.85. The highest BCUT2D eigenvalue weighted by molar-refractivity contribution is 9.10. The van der Waals surface area contributed by atoms with Crippen molar-refractivity contribution >= 4 is 45.0 Å². The summed E-state index contributed by atoms with van der Waals surface area (Å²) < 4.78 is 33.3. The minimum atomic E-state index is -0.956. The van der Waals surface area contributed by atoms with Gasteiger partial charge in [0.05, 0.1) is 34.4 Å². The lowest BCUT2D eigenvalue weighted by Gasteiger charge is -2.27. The number of allylic oxidation sites excluding steroid dienone is 1. The Bertz CT molecular complexity index is 1960. The van der Waals surface area contributed by atoms with E-state index in [2.05, 4.69) is 15.9 Å². The zero-order valence-electron chi connectivity index (χ0n) is 23.3. The van der Waals surface area contributed by atoms with Gasteiger partial charge in [-0.3, -0.25) is 19.5 Å². The fourth-order valence-corrected chi connectivity index (χ4v) is 6.23. The van der Waals surface area contributed by atoms with Crippen LogP contribution in [0, 0.1) is 15.9 Å². The maximum absolute atomic E-state index is 14.0. The van der Waals surface area contributed by atoms with Crippen LogP contribution >= 0.6 is 27.3 Å². The van der Waals surface area contributed by atoms with E-state index in [4.69, 9.17) is 18.9 Å². The largest absolute Gasteiger partial charge is 0.496 e. The van der Waals surface area contributed by atoms with Crippen LogP contribution in [0.4, 0.5) is 10.1 Å². The van der Waals surface area contributed by atoms with Crippen LogP contribution in [-0.4, -0.2) is 29.2 Å². The molecule has 0 spiro atoms. The molecule has 2 aromatic carbocycles. The van der Waals surface area contributed by atoms with E-state index < -0.39 is 34.0 Å². The number of esters is 1. The van der Waals surface area contributed by atoms with Crippen molar-refractivity contribution in [3.63, 3.8) is 0 Å². The highest BCUT2D eigenvalue weighted by Crippen LogP contribution is 2.38. The van der Waals surface area contributed by atoms with Gasteiger partial charge in [-0.25, -0.2) is 9.79 Å². The molecule has 13 heteroatoms. The Balaban J connectivity index is 1.69. The second kappa shape index (κ2) is 12.5. The first kappa shape index (κ1) is 30.1. The molecule has 4 aromatic rings. The first-order valence-corrected chi connectivity index (χ1v) is 14.9. The van der Waals surface area contributed by atoms with Gasteiger partial charge >= 0.3 is 11.7 Å². The average Bonchev–Trinajstić information content (AvgIpc) is 3.57. The fraction of sp³-hybridized carbons (Fsp3) is 0.233. The van der Waals surface area contributed by atoms with Crippen molar-refractivity contribution in [2.24, 2.45) is 4.99 Å². The molecule has 0 amide bonds. The van der Waals surface area contributed by atoms with E-state index in [9.17, 15) is 24.1 Å². The highest BCUT2D eigenvalue weighted by Gasteiger charge is 2.36. The Hall–Kier alpha value is -4.36. The molecule has 1 aliphatic heterocycles. The number of carbonyl (C=O) groups is 1. The van der Waals surface area contributed by atoms with E-state index in [1.807, 2.05) is 6.92 Å². The van der Waals surface area contributed by atoms with E-state index in [-0.39, 0.29) is 22.5 Å². The lowest BCUT2D eigenvalue weighted by atomic mass is 9.93. The molecular weight excluding hydrogens is 645 g/mol. The summed E-state index contributed by atoms with van der Waals surface area (Å²) in [7, 11) is 1.52. The van der Waals surface area contributed by atoms with Crippen molar-refractivity contribution in [2.75, 3.05) is 13.7 Å². The molecule has 0 bridgehead atoms. The zero-order valence-corrected chi connectivity index (χ0v) is 25.7. The van der Waals surface area contributed by atoms with Gasteiger partial charge in [0.25, 0.3) is 5.56 Å². The molecule has 1 atom stereocenters. The van der Waals surface area contributed by atoms with Crippen LogP contribution in [0.25, 0.3) is 17.4 Å². The number of carbonyl (C=O) groups excluding carboxylic acids is 1. The summed E-state index contributed by atoms with van der Waals surface area (Å²) >= 11 is 4.63. The maximum Gasteiger partial charge on any atom is 0.338 e. The van der Waals surface area contributed by atoms with E-state index in [1.165, 1.54) is 23.8 Å². The normalized spacial score (nSPS) is 14.8. The Labute approximate surface area is 256 Å². The van der Waals surface area contributed by atoms with Crippen LogP contribution in [0.2, 0.25) is 0 Å². The molecule has 0 radical (unpaired) electrons. The Morgan fingerprint density at radius 1 is 1.23 bits per heavy atom. The Morgan fingerprint density at radius 3 is 2.72 bits per heavy atom. The number of methoxy groups -OCH3 is 1. The number of ether oxygens (including phenoxy) is 2. The summed E-state index contributed by atoms with van der Waals surface area (Å²) in [5, 5.41) is 11.2. The molecule has 0 aliphatic carbocycles. The number of furan rings is 1. The van der Waals surface area contributed by atoms with Gasteiger partial charge in [-0.1, -0.05) is 40.6 Å². The lowest BCUT2D eigenvalue weighted by molar-refractivity contribution is -0.387. The minimum absolute atomic E-state index is 0.145. The van der Waals surface area contributed by atoms with Gasteiger partial charge in [-0.15, -0.1) is 0 Å². The van der Waals surface area contributed by atoms with Crippen LogP contribution in [0.3, 0.4) is 0 Å². The third kappa shape index (κ3) is 5.82. The van der Waals surface area contributed by atoms with E-state index in [0.29, 0.717) is 46.0 Å². The SMILES string of the molecule is CCCC1=C(C(=O)OCC)[C@@H](c2cc(Br)ccc2OC)n2c(s/c(=C/c3ccc(-c4ccc(F)c([N+](=O)[O-])c4)o3)c2=O)=N1. The van der Waals surface area contributed by atoms with Crippen LogP contribution in [0.5, 0.6) is 5.75 Å². The van der Waals surface area contributed by atoms with Gasteiger partial charge in [-0.05, 0) is 55.8 Å². The summed E-state index contributed by atoms with van der Waals surface area (Å²) in [5.74, 6) is -0.495. The number of hydrogen-bond acceptors (Lipinski definition) is 9. The van der Waals surface area contributed by atoms with Crippen LogP contribution < -0.4 is 19.6 Å². The van der Waals surface area contributed by atoms with E-state index >= 15 is 0 Å². The van der Waals surface area contributed by atoms with Crippen molar-refractivity contribution in [2.45, 2.75) is 32.7 Å². The van der Waals surface area contributed by atoms with Crippen molar-refractivity contribution in [3.8, 4) is 17.1 Å². The van der Waals surface area contributed by atoms with Crippen molar-refractivity contribution < 1.29 is 28.0 Å². The number of aromatic nitrogens is 1. The smallest absolute Gasteiger partial charge is 0.338 e. The molecule has 0 unspecified atom stereocenters. The predicted molar refractivity (Wildman–Crippen MR) is 161 cm³/mol. The number of benzene rings is 2. The summed E-state index contributed by atoms with van der Waals surface area (Å²) in [4.78, 5) is 42.9. The summed E-state index contributed by atoms with van der Waals surface area (Å²) in [6.07, 6.45) is 2.72. The van der Waals surface area contributed by atoms with Gasteiger partial charge in [0.2, 0.25) is 5.82 Å². The third-order valence-electron chi connectivity index (χ3n) is 6.71. The number of fused-ring (bicyclic) bond motifs is 1. The molecule has 2 aromatic heterocycles.